The Labute approximate surface area is 111 Å². The lowest BCUT2D eigenvalue weighted by molar-refractivity contribution is 0.252. The minimum absolute atomic E-state index is 0.561. The summed E-state index contributed by atoms with van der Waals surface area (Å²) in [7, 11) is 3.99. The van der Waals surface area contributed by atoms with Crippen LogP contribution in [-0.4, -0.2) is 32.1 Å². The molecule has 0 radical (unpaired) electrons. The van der Waals surface area contributed by atoms with Crippen LogP contribution in [0, 0.1) is 0 Å². The molecule has 1 aliphatic heterocycles. The first-order valence-corrected chi connectivity index (χ1v) is 6.98. The summed E-state index contributed by atoms with van der Waals surface area (Å²) in [5, 5.41) is 0. The molecule has 18 heavy (non-hydrogen) atoms. The first-order chi connectivity index (χ1) is 8.61. The van der Waals surface area contributed by atoms with E-state index in [-0.39, 0.29) is 0 Å². The first kappa shape index (κ1) is 13.4. The highest BCUT2D eigenvalue weighted by molar-refractivity contribution is 5.41. The van der Waals surface area contributed by atoms with Crippen molar-refractivity contribution >= 4 is 0 Å². The van der Waals surface area contributed by atoms with Crippen molar-refractivity contribution in [1.82, 2.24) is 4.90 Å². The van der Waals surface area contributed by atoms with E-state index in [1.165, 1.54) is 37.1 Å². The minimum atomic E-state index is 0.561. The molecular formula is C16H25NO. The minimum Gasteiger partial charge on any atom is -0.496 e. The normalized spacial score (nSPS) is 18.3. The monoisotopic (exact) mass is 247 g/mol. The summed E-state index contributed by atoms with van der Waals surface area (Å²) in [5.74, 6) is 2.30. The molecule has 0 atom stereocenters. The second-order valence-corrected chi connectivity index (χ2v) is 5.73. The number of piperidine rings is 1. The molecule has 0 saturated carbocycles. The summed E-state index contributed by atoms with van der Waals surface area (Å²) in [4.78, 5) is 2.41. The summed E-state index contributed by atoms with van der Waals surface area (Å²) in [5.41, 5.74) is 2.76. The van der Waals surface area contributed by atoms with Crippen LogP contribution < -0.4 is 4.74 Å². The van der Waals surface area contributed by atoms with Crippen molar-refractivity contribution < 1.29 is 4.74 Å². The van der Waals surface area contributed by atoms with Gasteiger partial charge in [0.25, 0.3) is 0 Å². The van der Waals surface area contributed by atoms with Gasteiger partial charge >= 0.3 is 0 Å². The van der Waals surface area contributed by atoms with Crippen LogP contribution in [0.15, 0.2) is 18.2 Å². The van der Waals surface area contributed by atoms with Crippen LogP contribution in [0.2, 0.25) is 0 Å². The van der Waals surface area contributed by atoms with Crippen molar-refractivity contribution in [2.24, 2.45) is 0 Å². The summed E-state index contributed by atoms with van der Waals surface area (Å²) in [6, 6.07) is 6.77. The molecule has 1 heterocycles. The van der Waals surface area contributed by atoms with E-state index in [1.54, 1.807) is 7.11 Å². The van der Waals surface area contributed by atoms with Gasteiger partial charge in [0.05, 0.1) is 7.11 Å². The van der Waals surface area contributed by atoms with Gasteiger partial charge in [0.2, 0.25) is 0 Å². The van der Waals surface area contributed by atoms with Gasteiger partial charge in [-0.25, -0.2) is 0 Å². The number of ether oxygens (including phenoxy) is 1. The lowest BCUT2D eigenvalue weighted by Gasteiger charge is -2.30. The van der Waals surface area contributed by atoms with Crippen LogP contribution in [-0.2, 0) is 0 Å². The maximum absolute atomic E-state index is 5.60. The first-order valence-electron chi connectivity index (χ1n) is 6.98. The van der Waals surface area contributed by atoms with Crippen LogP contribution in [0.5, 0.6) is 5.75 Å². The smallest absolute Gasteiger partial charge is 0.122 e. The average Bonchev–Trinajstić information content (AvgIpc) is 2.39. The van der Waals surface area contributed by atoms with Gasteiger partial charge in [-0.15, -0.1) is 0 Å². The molecule has 0 amide bonds. The lowest BCUT2D eigenvalue weighted by atomic mass is 9.87. The molecule has 0 N–H and O–H groups in total. The molecule has 2 heteroatoms. The Bertz CT molecular complexity index is 392. The summed E-state index contributed by atoms with van der Waals surface area (Å²) < 4.78 is 5.60. The van der Waals surface area contributed by atoms with E-state index in [2.05, 4.69) is 44.0 Å². The maximum atomic E-state index is 5.60. The van der Waals surface area contributed by atoms with Crippen LogP contribution in [0.4, 0.5) is 0 Å². The SMILES string of the molecule is COc1cc(C(C)C)ccc1C1CCN(C)CC1. The molecule has 1 fully saturated rings. The molecular weight excluding hydrogens is 222 g/mol. The fourth-order valence-electron chi connectivity index (χ4n) is 2.74. The molecule has 0 spiro atoms. The van der Waals surface area contributed by atoms with Gasteiger partial charge in [-0.05, 0) is 62.0 Å². The van der Waals surface area contributed by atoms with Gasteiger partial charge < -0.3 is 9.64 Å². The van der Waals surface area contributed by atoms with Crippen molar-refractivity contribution in [1.29, 1.82) is 0 Å². The average molecular weight is 247 g/mol. The second kappa shape index (κ2) is 5.75. The van der Waals surface area contributed by atoms with Crippen molar-refractivity contribution in [3.8, 4) is 5.75 Å². The van der Waals surface area contributed by atoms with Crippen LogP contribution in [0.25, 0.3) is 0 Å². The summed E-state index contributed by atoms with van der Waals surface area (Å²) >= 11 is 0. The van der Waals surface area contributed by atoms with E-state index in [4.69, 9.17) is 4.74 Å². The van der Waals surface area contributed by atoms with Gasteiger partial charge in [0.1, 0.15) is 5.75 Å². The molecule has 1 aromatic carbocycles. The number of rotatable bonds is 3. The maximum Gasteiger partial charge on any atom is 0.122 e. The molecule has 1 saturated heterocycles. The predicted octanol–water partition coefficient (Wildman–Crippen LogP) is 3.63. The largest absolute Gasteiger partial charge is 0.496 e. The second-order valence-electron chi connectivity index (χ2n) is 5.73. The van der Waals surface area contributed by atoms with Crippen LogP contribution in [0.3, 0.4) is 0 Å². The van der Waals surface area contributed by atoms with E-state index in [0.717, 1.165) is 5.75 Å². The van der Waals surface area contributed by atoms with E-state index in [1.807, 2.05) is 0 Å². The number of benzene rings is 1. The Morgan fingerprint density at radius 2 is 1.89 bits per heavy atom. The number of hydrogen-bond acceptors (Lipinski definition) is 2. The fraction of sp³-hybridized carbons (Fsp3) is 0.625. The molecule has 1 aliphatic rings. The third kappa shape index (κ3) is 2.86. The quantitative estimate of drug-likeness (QED) is 0.808. The molecule has 100 valence electrons. The van der Waals surface area contributed by atoms with E-state index >= 15 is 0 Å². The molecule has 0 bridgehead atoms. The van der Waals surface area contributed by atoms with Crippen molar-refractivity contribution in [2.45, 2.75) is 38.5 Å². The van der Waals surface area contributed by atoms with Gasteiger partial charge in [-0.2, -0.15) is 0 Å². The van der Waals surface area contributed by atoms with E-state index in [0.29, 0.717) is 11.8 Å². The zero-order chi connectivity index (χ0) is 13.1. The van der Waals surface area contributed by atoms with E-state index < -0.39 is 0 Å². The van der Waals surface area contributed by atoms with Gasteiger partial charge in [-0.3, -0.25) is 0 Å². The summed E-state index contributed by atoms with van der Waals surface area (Å²) in [6.45, 7) is 6.84. The Morgan fingerprint density at radius 1 is 1.22 bits per heavy atom. The number of likely N-dealkylation sites (tertiary alicyclic amines) is 1. The highest BCUT2D eigenvalue weighted by atomic mass is 16.5. The molecule has 2 nitrogen and oxygen atoms in total. The highest BCUT2D eigenvalue weighted by Crippen LogP contribution is 2.35. The van der Waals surface area contributed by atoms with E-state index in [9.17, 15) is 0 Å². The number of methoxy groups -OCH3 is 1. The molecule has 2 rings (SSSR count). The Hall–Kier alpha value is -1.02. The standard InChI is InChI=1S/C16H25NO/c1-12(2)14-5-6-15(16(11-14)18-4)13-7-9-17(3)10-8-13/h5-6,11-13H,7-10H2,1-4H3. The lowest BCUT2D eigenvalue weighted by Crippen LogP contribution is -2.29. The van der Waals surface area contributed by atoms with Crippen LogP contribution in [0.1, 0.15) is 49.7 Å². The van der Waals surface area contributed by atoms with Crippen molar-refractivity contribution in [3.05, 3.63) is 29.3 Å². The Morgan fingerprint density at radius 3 is 2.44 bits per heavy atom. The predicted molar refractivity (Wildman–Crippen MR) is 76.6 cm³/mol. The number of nitrogens with zero attached hydrogens (tertiary/aromatic N) is 1. The van der Waals surface area contributed by atoms with Crippen molar-refractivity contribution in [2.75, 3.05) is 27.2 Å². The number of hydrogen-bond donors (Lipinski definition) is 0. The van der Waals surface area contributed by atoms with Crippen molar-refractivity contribution in [3.63, 3.8) is 0 Å². The molecule has 0 aliphatic carbocycles. The Balaban J connectivity index is 2.22. The van der Waals surface area contributed by atoms with Gasteiger partial charge in [0.15, 0.2) is 0 Å². The zero-order valence-electron chi connectivity index (χ0n) is 12.1. The van der Waals surface area contributed by atoms with Gasteiger partial charge in [0, 0.05) is 0 Å². The topological polar surface area (TPSA) is 12.5 Å². The highest BCUT2D eigenvalue weighted by Gasteiger charge is 2.21. The molecule has 1 aromatic rings. The summed E-state index contributed by atoms with van der Waals surface area (Å²) in [6.07, 6.45) is 2.49. The molecule has 0 aromatic heterocycles. The molecule has 0 unspecified atom stereocenters. The van der Waals surface area contributed by atoms with Gasteiger partial charge in [-0.1, -0.05) is 26.0 Å². The van der Waals surface area contributed by atoms with Crippen LogP contribution >= 0.6 is 0 Å². The third-order valence-corrected chi connectivity index (χ3v) is 4.08. The zero-order valence-corrected chi connectivity index (χ0v) is 12.1. The fourth-order valence-corrected chi connectivity index (χ4v) is 2.74. The third-order valence-electron chi connectivity index (χ3n) is 4.08. The Kier molecular flexibility index (Phi) is 4.28.